The predicted octanol–water partition coefficient (Wildman–Crippen LogP) is 3.02. The van der Waals surface area contributed by atoms with Crippen molar-refractivity contribution in [1.29, 1.82) is 0 Å². The van der Waals surface area contributed by atoms with Gasteiger partial charge in [-0.2, -0.15) is 0 Å². The van der Waals surface area contributed by atoms with E-state index in [1.165, 1.54) is 22.6 Å². The van der Waals surface area contributed by atoms with Gasteiger partial charge in [0.1, 0.15) is 5.82 Å². The third-order valence-corrected chi connectivity index (χ3v) is 7.18. The largest absolute Gasteiger partial charge is 0.388 e. The first-order valence-electron chi connectivity index (χ1n) is 10.9. The molecule has 2 aliphatic heterocycles. The molecule has 0 spiro atoms. The average Bonchev–Trinajstić information content (AvgIpc) is 3.27. The lowest BCUT2D eigenvalue weighted by atomic mass is 9.77. The highest BCUT2D eigenvalue weighted by molar-refractivity contribution is 7.05. The minimum Gasteiger partial charge on any atom is -0.388 e. The number of halogens is 1. The number of anilines is 1. The number of likely N-dealkylation sites (tertiary alicyclic amines) is 1. The Kier molecular flexibility index (Phi) is 5.59. The van der Waals surface area contributed by atoms with Gasteiger partial charge in [-0.1, -0.05) is 6.07 Å². The van der Waals surface area contributed by atoms with Crippen LogP contribution >= 0.6 is 11.5 Å². The van der Waals surface area contributed by atoms with Crippen LogP contribution in [0.1, 0.15) is 36.1 Å². The minimum absolute atomic E-state index is 0.176. The molecule has 33 heavy (non-hydrogen) atoms. The monoisotopic (exact) mass is 469 g/mol. The van der Waals surface area contributed by atoms with E-state index in [-0.39, 0.29) is 30.2 Å². The van der Waals surface area contributed by atoms with Crippen molar-refractivity contribution in [1.82, 2.24) is 19.6 Å². The number of carbonyl (C=O) groups excluding carboxylic acids is 2. The first kappa shape index (κ1) is 21.9. The van der Waals surface area contributed by atoms with Gasteiger partial charge >= 0.3 is 6.03 Å². The van der Waals surface area contributed by atoms with Gasteiger partial charge in [-0.3, -0.25) is 24.9 Å². The molecule has 8 nitrogen and oxygen atoms in total. The van der Waals surface area contributed by atoms with Gasteiger partial charge in [0.25, 0.3) is 0 Å². The number of nitrogens with one attached hydrogen (secondary N) is 1. The fraction of sp³-hybridized carbons (Fsp3) is 0.391. The second kappa shape index (κ2) is 8.44. The molecule has 2 unspecified atom stereocenters. The Labute approximate surface area is 194 Å². The van der Waals surface area contributed by atoms with Gasteiger partial charge in [0.2, 0.25) is 5.91 Å². The number of hydrogen-bond acceptors (Lipinski definition) is 7. The van der Waals surface area contributed by atoms with Gasteiger partial charge in [-0.25, -0.2) is 13.6 Å². The Morgan fingerprint density at radius 2 is 2.15 bits per heavy atom. The summed E-state index contributed by atoms with van der Waals surface area (Å²) in [6.07, 6.45) is 4.06. The molecule has 1 aromatic carbocycles. The summed E-state index contributed by atoms with van der Waals surface area (Å²) in [6, 6.07) is 6.47. The zero-order chi connectivity index (χ0) is 23.2. The lowest BCUT2D eigenvalue weighted by Gasteiger charge is -2.43. The van der Waals surface area contributed by atoms with Crippen molar-refractivity contribution in [2.45, 2.75) is 37.8 Å². The molecule has 5 rings (SSSR count). The molecule has 0 aliphatic carbocycles. The number of hydrogen-bond donors (Lipinski definition) is 2. The number of fused-ring (bicyclic) bond motifs is 1. The second-order valence-corrected chi connectivity index (χ2v) is 9.79. The number of aromatic nitrogens is 2. The van der Waals surface area contributed by atoms with Crippen molar-refractivity contribution in [2.24, 2.45) is 0 Å². The molecular formula is C23H24FN5O3S. The van der Waals surface area contributed by atoms with Gasteiger partial charge in [0.05, 0.1) is 23.0 Å². The predicted molar refractivity (Wildman–Crippen MR) is 123 cm³/mol. The smallest absolute Gasteiger partial charge is 0.328 e. The number of pyridine rings is 1. The number of aliphatic hydroxyl groups is 1. The number of carbonyl (C=O) groups is 2. The summed E-state index contributed by atoms with van der Waals surface area (Å²) in [6.45, 7) is 3.83. The van der Waals surface area contributed by atoms with Crippen LogP contribution in [0.3, 0.4) is 0 Å². The number of urea groups is 1. The second-order valence-electron chi connectivity index (χ2n) is 8.87. The first-order chi connectivity index (χ1) is 15.8. The van der Waals surface area contributed by atoms with Gasteiger partial charge in [-0.15, -0.1) is 0 Å². The fourth-order valence-electron chi connectivity index (χ4n) is 4.83. The van der Waals surface area contributed by atoms with Crippen molar-refractivity contribution >= 4 is 40.1 Å². The Balaban J connectivity index is 1.43. The van der Waals surface area contributed by atoms with Crippen LogP contribution in [0.4, 0.5) is 14.9 Å². The van der Waals surface area contributed by atoms with Crippen LogP contribution in [0.25, 0.3) is 10.9 Å². The number of β-amino-alcohol motifs (C(OH)–C–C–N with tert-alkyl or cyclic N) is 1. The van der Waals surface area contributed by atoms with Gasteiger partial charge in [-0.05, 0) is 55.2 Å². The standard InChI is InChI=1S/C23H24FN5O3S/c1-23(32)13-28(12-15-4-7-26-33-15)8-5-18(23)16-2-3-19-17(21(16)24)10-14(11-25-19)29-9-6-20(30)27-22(29)31/h2-4,7,10-11,18,32H,5-6,8-9,12-13H2,1H3,(H,27,30,31). The Bertz CT molecular complexity index is 1220. The summed E-state index contributed by atoms with van der Waals surface area (Å²) >= 11 is 1.44. The minimum atomic E-state index is -1.12. The number of amides is 3. The molecule has 2 N–H and O–H groups in total. The number of nitrogens with zero attached hydrogens (tertiary/aromatic N) is 4. The molecule has 10 heteroatoms. The summed E-state index contributed by atoms with van der Waals surface area (Å²) in [5.41, 5.74) is 0.225. The summed E-state index contributed by atoms with van der Waals surface area (Å²) in [4.78, 5) is 32.6. The Morgan fingerprint density at radius 1 is 1.30 bits per heavy atom. The molecule has 0 radical (unpaired) electrons. The highest BCUT2D eigenvalue weighted by atomic mass is 32.1. The normalized spacial score (nSPS) is 24.3. The lowest BCUT2D eigenvalue weighted by Crippen LogP contribution is -2.50. The van der Waals surface area contributed by atoms with Crippen LogP contribution in [0.2, 0.25) is 0 Å². The van der Waals surface area contributed by atoms with Crippen LogP contribution < -0.4 is 10.2 Å². The van der Waals surface area contributed by atoms with E-state index < -0.39 is 17.4 Å². The highest BCUT2D eigenvalue weighted by Gasteiger charge is 2.40. The molecule has 2 saturated heterocycles. The molecule has 3 aromatic rings. The summed E-state index contributed by atoms with van der Waals surface area (Å²) < 4.78 is 19.9. The van der Waals surface area contributed by atoms with Crippen LogP contribution in [0, 0.1) is 5.82 Å². The van der Waals surface area contributed by atoms with Crippen LogP contribution in [-0.2, 0) is 11.3 Å². The van der Waals surface area contributed by atoms with Crippen molar-refractivity contribution in [3.8, 4) is 0 Å². The fourth-order valence-corrected chi connectivity index (χ4v) is 5.45. The Hall–Kier alpha value is -2.95. The number of piperidine rings is 1. The highest BCUT2D eigenvalue weighted by Crippen LogP contribution is 2.39. The third-order valence-electron chi connectivity index (χ3n) is 6.45. The Morgan fingerprint density at radius 3 is 2.88 bits per heavy atom. The van der Waals surface area contributed by atoms with E-state index in [9.17, 15) is 14.7 Å². The molecule has 172 valence electrons. The van der Waals surface area contributed by atoms with Crippen molar-refractivity contribution in [3.63, 3.8) is 0 Å². The van der Waals surface area contributed by atoms with Crippen LogP contribution in [-0.4, -0.2) is 56.5 Å². The zero-order valence-electron chi connectivity index (χ0n) is 18.1. The van der Waals surface area contributed by atoms with Crippen LogP contribution in [0.5, 0.6) is 0 Å². The average molecular weight is 470 g/mol. The van der Waals surface area contributed by atoms with Crippen molar-refractivity contribution < 1.29 is 19.1 Å². The van der Waals surface area contributed by atoms with E-state index in [0.29, 0.717) is 36.3 Å². The SMILES string of the molecule is CC1(O)CN(Cc2ccns2)CCC1c1ccc2ncc(N3CCC(=O)NC3=O)cc2c1F. The molecule has 2 fully saturated rings. The molecule has 0 saturated carbocycles. The molecule has 3 amide bonds. The molecule has 0 bridgehead atoms. The van der Waals surface area contributed by atoms with Gasteiger partial charge in [0.15, 0.2) is 0 Å². The van der Waals surface area contributed by atoms with E-state index in [4.69, 9.17) is 0 Å². The van der Waals surface area contributed by atoms with Gasteiger partial charge < -0.3 is 5.11 Å². The summed E-state index contributed by atoms with van der Waals surface area (Å²) in [5.74, 6) is -1.14. The van der Waals surface area contributed by atoms with E-state index in [2.05, 4.69) is 19.6 Å². The molecule has 2 aliphatic rings. The maximum Gasteiger partial charge on any atom is 0.328 e. The molecule has 2 aromatic heterocycles. The molecule has 2 atom stereocenters. The topological polar surface area (TPSA) is 98.7 Å². The number of imide groups is 1. The number of rotatable bonds is 4. The zero-order valence-corrected chi connectivity index (χ0v) is 18.9. The third kappa shape index (κ3) is 4.21. The van der Waals surface area contributed by atoms with E-state index in [1.54, 1.807) is 31.3 Å². The summed E-state index contributed by atoms with van der Waals surface area (Å²) in [5, 5.41) is 13.8. The summed E-state index contributed by atoms with van der Waals surface area (Å²) in [7, 11) is 0. The van der Waals surface area contributed by atoms with Crippen LogP contribution in [0.15, 0.2) is 36.7 Å². The molecule has 4 heterocycles. The maximum absolute atomic E-state index is 15.8. The van der Waals surface area contributed by atoms with E-state index in [0.717, 1.165) is 11.4 Å². The van der Waals surface area contributed by atoms with Crippen molar-refractivity contribution in [3.05, 3.63) is 52.9 Å². The van der Waals surface area contributed by atoms with E-state index in [1.807, 2.05) is 6.07 Å². The van der Waals surface area contributed by atoms with E-state index >= 15 is 4.39 Å². The quantitative estimate of drug-likeness (QED) is 0.610. The maximum atomic E-state index is 15.8. The first-order valence-corrected chi connectivity index (χ1v) is 11.6. The van der Waals surface area contributed by atoms with Crippen molar-refractivity contribution in [2.75, 3.05) is 24.5 Å². The van der Waals surface area contributed by atoms with Gasteiger partial charge in [0, 0.05) is 48.4 Å². The lowest BCUT2D eigenvalue weighted by molar-refractivity contribution is -0.120. The molecular weight excluding hydrogens is 445 g/mol. The number of benzene rings is 1.